The number of amides is 1. The van der Waals surface area contributed by atoms with Crippen LogP contribution in [0.25, 0.3) is 0 Å². The fourth-order valence-corrected chi connectivity index (χ4v) is 1.23. The first-order valence-corrected chi connectivity index (χ1v) is 5.59. The van der Waals surface area contributed by atoms with Gasteiger partial charge in [0.1, 0.15) is 0 Å². The SMILES string of the molecule is CCC(C)(C)C(=O)NCc1ccc(F)c(F)c1. The molecule has 0 aliphatic heterocycles. The first-order chi connectivity index (χ1) is 7.86. The maximum Gasteiger partial charge on any atom is 0.225 e. The highest BCUT2D eigenvalue weighted by molar-refractivity contribution is 5.81. The third-order valence-electron chi connectivity index (χ3n) is 2.94. The van der Waals surface area contributed by atoms with Crippen molar-refractivity contribution in [2.45, 2.75) is 33.7 Å². The molecule has 0 spiro atoms. The van der Waals surface area contributed by atoms with Gasteiger partial charge in [0, 0.05) is 12.0 Å². The van der Waals surface area contributed by atoms with Gasteiger partial charge in [-0.05, 0) is 24.1 Å². The number of hydrogen-bond donors (Lipinski definition) is 1. The molecule has 1 N–H and O–H groups in total. The zero-order valence-corrected chi connectivity index (χ0v) is 10.3. The lowest BCUT2D eigenvalue weighted by atomic mass is 9.89. The van der Waals surface area contributed by atoms with Crippen molar-refractivity contribution < 1.29 is 13.6 Å². The van der Waals surface area contributed by atoms with Gasteiger partial charge in [-0.2, -0.15) is 0 Å². The number of carbonyl (C=O) groups is 1. The summed E-state index contributed by atoms with van der Waals surface area (Å²) in [6.07, 6.45) is 0.719. The van der Waals surface area contributed by atoms with Crippen LogP contribution in [-0.4, -0.2) is 5.91 Å². The van der Waals surface area contributed by atoms with Crippen molar-refractivity contribution in [3.05, 3.63) is 35.4 Å². The Kier molecular flexibility index (Phi) is 4.21. The van der Waals surface area contributed by atoms with E-state index >= 15 is 0 Å². The minimum Gasteiger partial charge on any atom is -0.352 e. The summed E-state index contributed by atoms with van der Waals surface area (Å²) in [6, 6.07) is 3.61. The molecular weight excluding hydrogens is 224 g/mol. The number of carbonyl (C=O) groups excluding carboxylic acids is 1. The molecule has 0 aromatic heterocycles. The molecule has 0 radical (unpaired) electrons. The molecular formula is C13H17F2NO. The molecule has 1 rings (SSSR count). The van der Waals surface area contributed by atoms with Crippen LogP contribution in [0.15, 0.2) is 18.2 Å². The Bertz CT molecular complexity index is 416. The van der Waals surface area contributed by atoms with Gasteiger partial charge in [0.25, 0.3) is 0 Å². The van der Waals surface area contributed by atoms with E-state index < -0.39 is 17.0 Å². The van der Waals surface area contributed by atoms with E-state index in [1.54, 1.807) is 0 Å². The molecule has 0 aliphatic carbocycles. The first-order valence-electron chi connectivity index (χ1n) is 5.59. The number of rotatable bonds is 4. The highest BCUT2D eigenvalue weighted by Gasteiger charge is 2.24. The van der Waals surface area contributed by atoms with Crippen LogP contribution in [0.1, 0.15) is 32.8 Å². The van der Waals surface area contributed by atoms with Crippen molar-refractivity contribution in [1.29, 1.82) is 0 Å². The standard InChI is InChI=1S/C13H17F2NO/c1-4-13(2,3)12(17)16-8-9-5-6-10(14)11(15)7-9/h5-7H,4,8H2,1-3H3,(H,16,17). The van der Waals surface area contributed by atoms with Gasteiger partial charge < -0.3 is 5.32 Å². The number of halogens is 2. The van der Waals surface area contributed by atoms with E-state index in [4.69, 9.17) is 0 Å². The molecule has 0 fully saturated rings. The molecule has 0 aliphatic rings. The van der Waals surface area contributed by atoms with E-state index in [1.807, 2.05) is 20.8 Å². The highest BCUT2D eigenvalue weighted by Crippen LogP contribution is 2.19. The largest absolute Gasteiger partial charge is 0.352 e. The van der Waals surface area contributed by atoms with Crippen LogP contribution in [0.3, 0.4) is 0 Å². The third kappa shape index (κ3) is 3.51. The molecule has 0 atom stereocenters. The maximum atomic E-state index is 12.9. The monoisotopic (exact) mass is 241 g/mol. The Morgan fingerprint density at radius 2 is 1.94 bits per heavy atom. The predicted molar refractivity (Wildman–Crippen MR) is 62.3 cm³/mol. The van der Waals surface area contributed by atoms with Crippen LogP contribution in [0.5, 0.6) is 0 Å². The molecule has 1 aromatic carbocycles. The molecule has 4 heteroatoms. The van der Waals surface area contributed by atoms with Gasteiger partial charge in [0.2, 0.25) is 5.91 Å². The van der Waals surface area contributed by atoms with Crippen molar-refractivity contribution >= 4 is 5.91 Å². The van der Waals surface area contributed by atoms with E-state index in [1.165, 1.54) is 6.07 Å². The second-order valence-electron chi connectivity index (χ2n) is 4.67. The molecule has 2 nitrogen and oxygen atoms in total. The molecule has 0 unspecified atom stereocenters. The van der Waals surface area contributed by atoms with Gasteiger partial charge in [0.15, 0.2) is 11.6 Å². The van der Waals surface area contributed by atoms with Gasteiger partial charge in [-0.3, -0.25) is 4.79 Å². The van der Waals surface area contributed by atoms with Crippen LogP contribution in [0.4, 0.5) is 8.78 Å². The van der Waals surface area contributed by atoms with E-state index in [-0.39, 0.29) is 12.5 Å². The lowest BCUT2D eigenvalue weighted by Gasteiger charge is -2.21. The Morgan fingerprint density at radius 3 is 2.47 bits per heavy atom. The van der Waals surface area contributed by atoms with Crippen LogP contribution in [-0.2, 0) is 11.3 Å². The average Bonchev–Trinajstić information content (AvgIpc) is 2.30. The van der Waals surface area contributed by atoms with E-state index in [0.717, 1.165) is 18.6 Å². The van der Waals surface area contributed by atoms with Crippen LogP contribution >= 0.6 is 0 Å². The topological polar surface area (TPSA) is 29.1 Å². The quantitative estimate of drug-likeness (QED) is 0.862. The molecule has 1 aromatic rings. The zero-order chi connectivity index (χ0) is 13.1. The van der Waals surface area contributed by atoms with Crippen LogP contribution in [0, 0.1) is 17.0 Å². The lowest BCUT2D eigenvalue weighted by molar-refractivity contribution is -0.129. The molecule has 0 saturated carbocycles. The first kappa shape index (κ1) is 13.6. The van der Waals surface area contributed by atoms with Crippen molar-refractivity contribution in [2.24, 2.45) is 5.41 Å². The maximum absolute atomic E-state index is 12.9. The Labute approximate surface area is 100 Å². The molecule has 0 saturated heterocycles. The molecule has 94 valence electrons. The molecule has 0 heterocycles. The third-order valence-corrected chi connectivity index (χ3v) is 2.94. The predicted octanol–water partition coefficient (Wildman–Crippen LogP) is 3.02. The summed E-state index contributed by atoms with van der Waals surface area (Å²) in [6.45, 7) is 5.82. The summed E-state index contributed by atoms with van der Waals surface area (Å²) in [7, 11) is 0. The summed E-state index contributed by atoms with van der Waals surface area (Å²) in [5.74, 6) is -1.87. The average molecular weight is 241 g/mol. The van der Waals surface area contributed by atoms with Gasteiger partial charge in [-0.15, -0.1) is 0 Å². The number of hydrogen-bond acceptors (Lipinski definition) is 1. The van der Waals surface area contributed by atoms with Gasteiger partial charge in [-0.1, -0.05) is 26.8 Å². The summed E-state index contributed by atoms with van der Waals surface area (Å²) < 4.78 is 25.6. The van der Waals surface area contributed by atoms with E-state index in [0.29, 0.717) is 5.56 Å². The molecule has 1 amide bonds. The van der Waals surface area contributed by atoms with Crippen LogP contribution in [0.2, 0.25) is 0 Å². The Balaban J connectivity index is 2.62. The normalized spacial score (nSPS) is 11.4. The summed E-state index contributed by atoms with van der Waals surface area (Å²) >= 11 is 0. The van der Waals surface area contributed by atoms with Crippen molar-refractivity contribution in [1.82, 2.24) is 5.32 Å². The second kappa shape index (κ2) is 5.25. The summed E-state index contributed by atoms with van der Waals surface area (Å²) in [5, 5.41) is 2.71. The minimum absolute atomic E-state index is 0.0928. The Morgan fingerprint density at radius 1 is 1.29 bits per heavy atom. The second-order valence-corrected chi connectivity index (χ2v) is 4.67. The van der Waals surface area contributed by atoms with E-state index in [2.05, 4.69) is 5.32 Å². The number of benzene rings is 1. The number of nitrogens with one attached hydrogen (secondary N) is 1. The van der Waals surface area contributed by atoms with Crippen molar-refractivity contribution in [3.63, 3.8) is 0 Å². The van der Waals surface area contributed by atoms with E-state index in [9.17, 15) is 13.6 Å². The lowest BCUT2D eigenvalue weighted by Crippen LogP contribution is -2.36. The fraction of sp³-hybridized carbons (Fsp3) is 0.462. The smallest absolute Gasteiger partial charge is 0.225 e. The summed E-state index contributed by atoms with van der Waals surface area (Å²) in [4.78, 5) is 11.7. The van der Waals surface area contributed by atoms with Gasteiger partial charge in [0.05, 0.1) is 0 Å². The van der Waals surface area contributed by atoms with Gasteiger partial charge >= 0.3 is 0 Å². The van der Waals surface area contributed by atoms with Crippen molar-refractivity contribution in [3.8, 4) is 0 Å². The zero-order valence-electron chi connectivity index (χ0n) is 10.3. The van der Waals surface area contributed by atoms with Crippen LogP contribution < -0.4 is 5.32 Å². The minimum atomic E-state index is -0.897. The van der Waals surface area contributed by atoms with Crippen molar-refractivity contribution in [2.75, 3.05) is 0 Å². The van der Waals surface area contributed by atoms with Gasteiger partial charge in [-0.25, -0.2) is 8.78 Å². The molecule has 17 heavy (non-hydrogen) atoms. The summed E-state index contributed by atoms with van der Waals surface area (Å²) in [5.41, 5.74) is 0.0997. The molecule has 0 bridgehead atoms. The fourth-order valence-electron chi connectivity index (χ4n) is 1.23. The highest BCUT2D eigenvalue weighted by atomic mass is 19.2. The Hall–Kier alpha value is -1.45.